The van der Waals surface area contributed by atoms with Crippen LogP contribution in [0.4, 0.5) is 11.8 Å². The van der Waals surface area contributed by atoms with Crippen LogP contribution in [-0.4, -0.2) is 19.9 Å². The normalized spacial score (nSPS) is 9.54. The van der Waals surface area contributed by atoms with Gasteiger partial charge in [-0.25, -0.2) is 19.9 Å². The van der Waals surface area contributed by atoms with E-state index in [1.807, 2.05) is 0 Å². The Morgan fingerprint density at radius 1 is 1.00 bits per heavy atom. The van der Waals surface area contributed by atoms with Gasteiger partial charge in [-0.3, -0.25) is 0 Å². The molecule has 5 nitrogen and oxygen atoms in total. The first-order chi connectivity index (χ1) is 6.45. The molecule has 0 saturated carbocycles. The zero-order valence-corrected chi connectivity index (χ0v) is 6.75. The number of hydrogen-bond acceptors (Lipinski definition) is 5. The summed E-state index contributed by atoms with van der Waals surface area (Å²) in [6.07, 6.45) is 6.44. The summed E-state index contributed by atoms with van der Waals surface area (Å²) in [5.41, 5.74) is 0. The lowest BCUT2D eigenvalue weighted by Crippen LogP contribution is -1.97. The molecule has 2 heterocycles. The summed E-state index contributed by atoms with van der Waals surface area (Å²) >= 11 is 0. The van der Waals surface area contributed by atoms with Gasteiger partial charge in [0.25, 0.3) is 0 Å². The molecule has 5 heteroatoms. The summed E-state index contributed by atoms with van der Waals surface area (Å²) in [7, 11) is 0. The van der Waals surface area contributed by atoms with Crippen molar-refractivity contribution in [3.05, 3.63) is 37.1 Å². The van der Waals surface area contributed by atoms with E-state index in [2.05, 4.69) is 25.3 Å². The second kappa shape index (κ2) is 3.57. The van der Waals surface area contributed by atoms with E-state index >= 15 is 0 Å². The Bertz CT molecular complexity index is 323. The highest BCUT2D eigenvalue weighted by molar-refractivity contribution is 5.45. The lowest BCUT2D eigenvalue weighted by Gasteiger charge is -2.00. The minimum atomic E-state index is 0.529. The maximum atomic E-state index is 3.99. The van der Waals surface area contributed by atoms with Crippen molar-refractivity contribution in [1.82, 2.24) is 19.9 Å². The molecular formula is C8H7N5. The van der Waals surface area contributed by atoms with E-state index in [0.29, 0.717) is 11.8 Å². The molecule has 0 aliphatic heterocycles. The van der Waals surface area contributed by atoms with Crippen LogP contribution in [0.3, 0.4) is 0 Å². The van der Waals surface area contributed by atoms with Gasteiger partial charge in [-0.15, -0.1) is 0 Å². The van der Waals surface area contributed by atoms with E-state index < -0.39 is 0 Å². The van der Waals surface area contributed by atoms with E-state index in [1.165, 1.54) is 6.33 Å². The van der Waals surface area contributed by atoms with Gasteiger partial charge in [0, 0.05) is 18.6 Å². The van der Waals surface area contributed by atoms with Gasteiger partial charge in [-0.1, -0.05) is 0 Å². The molecule has 0 aliphatic rings. The molecule has 0 aromatic carbocycles. The van der Waals surface area contributed by atoms with Crippen LogP contribution in [0.1, 0.15) is 0 Å². The Hall–Kier alpha value is -2.04. The standard InChI is InChI=1S/C8H7N5/c1-3-10-8(11-4-1)13-7-2-5-9-6-12-7/h1-6H,(H,9,10,11,12,13). The summed E-state index contributed by atoms with van der Waals surface area (Å²) in [5, 5.41) is 2.93. The van der Waals surface area contributed by atoms with E-state index in [1.54, 1.807) is 30.7 Å². The maximum Gasteiger partial charge on any atom is 0.228 e. The summed E-state index contributed by atoms with van der Waals surface area (Å²) in [5.74, 6) is 1.21. The Labute approximate surface area is 74.9 Å². The summed E-state index contributed by atoms with van der Waals surface area (Å²) in [4.78, 5) is 15.7. The van der Waals surface area contributed by atoms with E-state index in [0.717, 1.165) is 0 Å². The largest absolute Gasteiger partial charge is 0.309 e. The van der Waals surface area contributed by atoms with Crippen molar-refractivity contribution in [1.29, 1.82) is 0 Å². The number of nitrogens with one attached hydrogen (secondary N) is 1. The number of nitrogens with zero attached hydrogens (tertiary/aromatic N) is 4. The van der Waals surface area contributed by atoms with Crippen LogP contribution in [0.2, 0.25) is 0 Å². The fourth-order valence-corrected chi connectivity index (χ4v) is 0.843. The van der Waals surface area contributed by atoms with E-state index in [4.69, 9.17) is 0 Å². The van der Waals surface area contributed by atoms with Crippen molar-refractivity contribution in [2.24, 2.45) is 0 Å². The number of anilines is 2. The van der Waals surface area contributed by atoms with Gasteiger partial charge in [0.05, 0.1) is 0 Å². The first-order valence-corrected chi connectivity index (χ1v) is 3.75. The third-order valence-corrected chi connectivity index (χ3v) is 1.39. The van der Waals surface area contributed by atoms with Crippen molar-refractivity contribution in [3.63, 3.8) is 0 Å². The molecule has 64 valence electrons. The van der Waals surface area contributed by atoms with Crippen molar-refractivity contribution < 1.29 is 0 Å². The van der Waals surface area contributed by atoms with Crippen molar-refractivity contribution in [2.45, 2.75) is 0 Å². The first-order valence-electron chi connectivity index (χ1n) is 3.75. The van der Waals surface area contributed by atoms with Gasteiger partial charge in [-0.05, 0) is 12.1 Å². The van der Waals surface area contributed by atoms with Crippen LogP contribution in [0.25, 0.3) is 0 Å². The van der Waals surface area contributed by atoms with E-state index in [-0.39, 0.29) is 0 Å². The predicted octanol–water partition coefficient (Wildman–Crippen LogP) is 1.01. The molecule has 0 fully saturated rings. The molecule has 0 saturated heterocycles. The molecule has 0 spiro atoms. The molecule has 0 amide bonds. The second-order valence-corrected chi connectivity index (χ2v) is 2.29. The first kappa shape index (κ1) is 7.60. The maximum absolute atomic E-state index is 3.99. The summed E-state index contributed by atoms with van der Waals surface area (Å²) in [6, 6.07) is 3.50. The summed E-state index contributed by atoms with van der Waals surface area (Å²) in [6.45, 7) is 0. The highest BCUT2D eigenvalue weighted by Crippen LogP contribution is 2.05. The molecular weight excluding hydrogens is 166 g/mol. The molecule has 2 aromatic rings. The topological polar surface area (TPSA) is 63.6 Å². The van der Waals surface area contributed by atoms with Gasteiger partial charge < -0.3 is 5.32 Å². The van der Waals surface area contributed by atoms with Crippen molar-refractivity contribution in [3.8, 4) is 0 Å². The van der Waals surface area contributed by atoms with Gasteiger partial charge in [-0.2, -0.15) is 0 Å². The average molecular weight is 173 g/mol. The van der Waals surface area contributed by atoms with Crippen LogP contribution in [-0.2, 0) is 0 Å². The molecule has 0 atom stereocenters. The van der Waals surface area contributed by atoms with E-state index in [9.17, 15) is 0 Å². The van der Waals surface area contributed by atoms with Crippen LogP contribution in [0.5, 0.6) is 0 Å². The quantitative estimate of drug-likeness (QED) is 0.734. The minimum absolute atomic E-state index is 0.529. The monoisotopic (exact) mass is 173 g/mol. The molecule has 0 unspecified atom stereocenters. The zero-order chi connectivity index (χ0) is 8.93. The Balaban J connectivity index is 2.16. The van der Waals surface area contributed by atoms with Crippen molar-refractivity contribution in [2.75, 3.05) is 5.32 Å². The molecule has 0 aliphatic carbocycles. The molecule has 13 heavy (non-hydrogen) atoms. The number of hydrogen-bond donors (Lipinski definition) is 1. The minimum Gasteiger partial charge on any atom is -0.309 e. The fraction of sp³-hybridized carbons (Fsp3) is 0. The number of rotatable bonds is 2. The third-order valence-electron chi connectivity index (χ3n) is 1.39. The Morgan fingerprint density at radius 2 is 1.85 bits per heavy atom. The molecule has 1 N–H and O–H groups in total. The molecule has 2 rings (SSSR count). The van der Waals surface area contributed by atoms with Crippen LogP contribution < -0.4 is 5.32 Å². The van der Waals surface area contributed by atoms with Gasteiger partial charge in [0.15, 0.2) is 0 Å². The predicted molar refractivity (Wildman–Crippen MR) is 47.3 cm³/mol. The summed E-state index contributed by atoms with van der Waals surface area (Å²) < 4.78 is 0. The lowest BCUT2D eigenvalue weighted by molar-refractivity contribution is 1.12. The molecule has 0 bridgehead atoms. The van der Waals surface area contributed by atoms with Gasteiger partial charge in [0.2, 0.25) is 5.95 Å². The average Bonchev–Trinajstić information content (AvgIpc) is 2.21. The third kappa shape index (κ3) is 1.96. The molecule has 2 aromatic heterocycles. The number of aromatic nitrogens is 4. The van der Waals surface area contributed by atoms with Gasteiger partial charge in [0.1, 0.15) is 12.1 Å². The smallest absolute Gasteiger partial charge is 0.228 e. The Kier molecular flexibility index (Phi) is 2.09. The van der Waals surface area contributed by atoms with Crippen LogP contribution >= 0.6 is 0 Å². The van der Waals surface area contributed by atoms with Crippen LogP contribution in [0.15, 0.2) is 37.1 Å². The Morgan fingerprint density at radius 3 is 2.54 bits per heavy atom. The van der Waals surface area contributed by atoms with Crippen molar-refractivity contribution >= 4 is 11.8 Å². The molecule has 0 radical (unpaired) electrons. The zero-order valence-electron chi connectivity index (χ0n) is 6.75. The van der Waals surface area contributed by atoms with Crippen LogP contribution in [0, 0.1) is 0 Å². The highest BCUT2D eigenvalue weighted by Gasteiger charge is 1.94. The fourth-order valence-electron chi connectivity index (χ4n) is 0.843. The lowest BCUT2D eigenvalue weighted by atomic mass is 10.6. The SMILES string of the molecule is c1cnc(Nc2ccncn2)nc1. The van der Waals surface area contributed by atoms with Gasteiger partial charge >= 0.3 is 0 Å². The second-order valence-electron chi connectivity index (χ2n) is 2.29. The highest BCUT2D eigenvalue weighted by atomic mass is 15.1.